The molecule has 0 aliphatic rings. The van der Waals surface area contributed by atoms with Crippen LogP contribution in [0.5, 0.6) is 0 Å². The van der Waals surface area contributed by atoms with Gasteiger partial charge in [0.25, 0.3) is 5.56 Å². The van der Waals surface area contributed by atoms with Gasteiger partial charge in [-0.3, -0.25) is 9.59 Å². The number of carbonyl (C=O) groups is 1. The third kappa shape index (κ3) is 7.00. The van der Waals surface area contributed by atoms with E-state index in [4.69, 9.17) is 4.74 Å². The molecule has 0 aliphatic heterocycles. The summed E-state index contributed by atoms with van der Waals surface area (Å²) in [5, 5.41) is 0.946. The van der Waals surface area contributed by atoms with Gasteiger partial charge >= 0.3 is 5.97 Å². The number of ether oxygens (including phenoxy) is 1. The van der Waals surface area contributed by atoms with Crippen molar-refractivity contribution < 1.29 is 9.53 Å². The van der Waals surface area contributed by atoms with Gasteiger partial charge in [-0.1, -0.05) is 32.5 Å². The normalized spacial score (nSPS) is 10.8. The molecule has 7 heteroatoms. The molecule has 1 N–H and O–H groups in total. The van der Waals surface area contributed by atoms with Crippen molar-refractivity contribution in [1.82, 2.24) is 9.97 Å². The molecule has 1 rings (SSSR count). The highest BCUT2D eigenvalue weighted by Crippen LogP contribution is 2.17. The number of thioether (sulfide) groups is 2. The smallest absolute Gasteiger partial charge is 0.316 e. The average molecular weight is 316 g/mol. The number of hydrogen-bond donors (Lipinski definition) is 1. The first-order valence-corrected chi connectivity index (χ1v) is 8.55. The molecule has 1 heterocycles. The van der Waals surface area contributed by atoms with Gasteiger partial charge in [0, 0.05) is 11.8 Å². The number of carbonyl (C=O) groups excluding carboxylic acids is 1. The summed E-state index contributed by atoms with van der Waals surface area (Å²) in [7, 11) is 0. The van der Waals surface area contributed by atoms with Crippen LogP contribution >= 0.6 is 23.5 Å². The summed E-state index contributed by atoms with van der Waals surface area (Å²) in [5.74, 6) is 0.556. The Labute approximate surface area is 127 Å². The molecule has 0 aromatic carbocycles. The molecular formula is C13H20N2O3S2. The van der Waals surface area contributed by atoms with Crippen molar-refractivity contribution in [1.29, 1.82) is 0 Å². The molecule has 0 radical (unpaired) electrons. The Morgan fingerprint density at radius 3 is 2.90 bits per heavy atom. The average Bonchev–Trinajstić information content (AvgIpc) is 2.40. The summed E-state index contributed by atoms with van der Waals surface area (Å²) in [6.45, 7) is 6.55. The highest BCUT2D eigenvalue weighted by Gasteiger charge is 2.07. The van der Waals surface area contributed by atoms with Crippen molar-refractivity contribution in [2.75, 3.05) is 12.4 Å². The standard InChI is InChI=1S/C13H20N2O3S2/c1-4-5-18-12(17)8-20-13-14-10(6-11(16)15-13)7-19-9(2)3/h6,9H,4-5,7-8H2,1-3H3,(H,14,15,16). The lowest BCUT2D eigenvalue weighted by Gasteiger charge is -2.06. The van der Waals surface area contributed by atoms with E-state index in [9.17, 15) is 9.59 Å². The minimum atomic E-state index is -0.290. The first kappa shape index (κ1) is 17.1. The minimum absolute atomic E-state index is 0.156. The third-order valence-corrected chi connectivity index (χ3v) is 4.11. The fourth-order valence-electron chi connectivity index (χ4n) is 1.26. The number of esters is 1. The van der Waals surface area contributed by atoms with E-state index in [2.05, 4.69) is 23.8 Å². The van der Waals surface area contributed by atoms with E-state index >= 15 is 0 Å². The van der Waals surface area contributed by atoms with Gasteiger partial charge in [0.15, 0.2) is 5.16 Å². The summed E-state index contributed by atoms with van der Waals surface area (Å²) in [6, 6.07) is 1.49. The quantitative estimate of drug-likeness (QED) is 0.451. The van der Waals surface area contributed by atoms with Crippen LogP contribution in [0.15, 0.2) is 16.0 Å². The zero-order valence-corrected chi connectivity index (χ0v) is 13.6. The van der Waals surface area contributed by atoms with Crippen LogP contribution in [0, 0.1) is 0 Å². The lowest BCUT2D eigenvalue weighted by atomic mass is 10.4. The number of aromatic amines is 1. The van der Waals surface area contributed by atoms with Crippen LogP contribution < -0.4 is 5.56 Å². The van der Waals surface area contributed by atoms with Crippen LogP contribution in [0.1, 0.15) is 32.9 Å². The lowest BCUT2D eigenvalue weighted by Crippen LogP contribution is -2.12. The number of nitrogens with one attached hydrogen (secondary N) is 1. The highest BCUT2D eigenvalue weighted by molar-refractivity contribution is 7.99. The van der Waals surface area contributed by atoms with Gasteiger partial charge in [0.2, 0.25) is 0 Å². The largest absolute Gasteiger partial charge is 0.465 e. The maximum Gasteiger partial charge on any atom is 0.316 e. The lowest BCUT2D eigenvalue weighted by molar-refractivity contribution is -0.140. The summed E-state index contributed by atoms with van der Waals surface area (Å²) in [6.07, 6.45) is 0.799. The molecule has 0 aliphatic carbocycles. The first-order valence-electron chi connectivity index (χ1n) is 6.51. The van der Waals surface area contributed by atoms with Crippen molar-refractivity contribution in [2.45, 2.75) is 43.4 Å². The van der Waals surface area contributed by atoms with Crippen LogP contribution in [0.2, 0.25) is 0 Å². The van der Waals surface area contributed by atoms with Gasteiger partial charge in [0.05, 0.1) is 18.1 Å². The zero-order chi connectivity index (χ0) is 15.0. The van der Waals surface area contributed by atoms with Crippen molar-refractivity contribution in [2.24, 2.45) is 0 Å². The number of H-pyrrole nitrogens is 1. The van der Waals surface area contributed by atoms with E-state index in [1.54, 1.807) is 11.8 Å². The monoisotopic (exact) mass is 316 g/mol. The summed E-state index contributed by atoms with van der Waals surface area (Å²) >= 11 is 2.91. The van der Waals surface area contributed by atoms with Gasteiger partial charge in [0.1, 0.15) is 0 Å². The van der Waals surface area contributed by atoms with Crippen LogP contribution in [0.3, 0.4) is 0 Å². The molecule has 1 aromatic heterocycles. The van der Waals surface area contributed by atoms with E-state index in [1.807, 2.05) is 6.92 Å². The van der Waals surface area contributed by atoms with Crippen LogP contribution in [0.4, 0.5) is 0 Å². The Bertz CT molecular complexity index is 489. The predicted octanol–water partition coefficient (Wildman–Crippen LogP) is 2.46. The molecule has 20 heavy (non-hydrogen) atoms. The summed E-state index contributed by atoms with van der Waals surface area (Å²) in [5.41, 5.74) is 0.542. The first-order chi connectivity index (χ1) is 9.51. The van der Waals surface area contributed by atoms with Crippen molar-refractivity contribution >= 4 is 29.5 Å². The molecule has 112 valence electrons. The second kappa shape index (κ2) is 9.07. The topological polar surface area (TPSA) is 72.0 Å². The Kier molecular flexibility index (Phi) is 7.76. The number of hydrogen-bond acceptors (Lipinski definition) is 6. The molecule has 5 nitrogen and oxygen atoms in total. The highest BCUT2D eigenvalue weighted by atomic mass is 32.2. The van der Waals surface area contributed by atoms with Gasteiger partial charge in [-0.05, 0) is 11.7 Å². The van der Waals surface area contributed by atoms with E-state index < -0.39 is 0 Å². The fourth-order valence-corrected chi connectivity index (χ4v) is 2.61. The number of nitrogens with zero attached hydrogens (tertiary/aromatic N) is 1. The zero-order valence-electron chi connectivity index (χ0n) is 12.0. The van der Waals surface area contributed by atoms with Gasteiger partial charge < -0.3 is 9.72 Å². The molecule has 0 fully saturated rings. The van der Waals surface area contributed by atoms with E-state index in [0.29, 0.717) is 22.8 Å². The Balaban J connectivity index is 2.57. The molecule has 0 atom stereocenters. The molecule has 0 spiro atoms. The van der Waals surface area contributed by atoms with Crippen molar-refractivity contribution in [3.05, 3.63) is 22.1 Å². The molecular weight excluding hydrogens is 296 g/mol. The second-order valence-electron chi connectivity index (χ2n) is 4.41. The predicted molar refractivity (Wildman–Crippen MR) is 83.3 cm³/mol. The van der Waals surface area contributed by atoms with Gasteiger partial charge in [-0.2, -0.15) is 11.8 Å². The maximum absolute atomic E-state index is 11.5. The molecule has 0 amide bonds. The van der Waals surface area contributed by atoms with Gasteiger partial charge in [-0.15, -0.1) is 0 Å². The Hall–Kier alpha value is -0.950. The Morgan fingerprint density at radius 2 is 2.25 bits per heavy atom. The molecule has 0 bridgehead atoms. The van der Waals surface area contributed by atoms with Crippen molar-refractivity contribution in [3.63, 3.8) is 0 Å². The third-order valence-electron chi connectivity index (χ3n) is 2.13. The van der Waals surface area contributed by atoms with E-state index in [0.717, 1.165) is 12.1 Å². The van der Waals surface area contributed by atoms with Crippen LogP contribution in [-0.4, -0.2) is 33.5 Å². The maximum atomic E-state index is 11.5. The minimum Gasteiger partial charge on any atom is -0.465 e. The number of rotatable bonds is 8. The molecule has 0 saturated carbocycles. The molecule has 1 aromatic rings. The van der Waals surface area contributed by atoms with E-state index in [-0.39, 0.29) is 17.3 Å². The Morgan fingerprint density at radius 1 is 1.50 bits per heavy atom. The molecule has 0 unspecified atom stereocenters. The van der Waals surface area contributed by atoms with Crippen LogP contribution in [-0.2, 0) is 15.3 Å². The van der Waals surface area contributed by atoms with Crippen molar-refractivity contribution in [3.8, 4) is 0 Å². The molecule has 0 saturated heterocycles. The summed E-state index contributed by atoms with van der Waals surface area (Å²) in [4.78, 5) is 29.9. The number of aromatic nitrogens is 2. The fraction of sp³-hybridized carbons (Fsp3) is 0.615. The van der Waals surface area contributed by atoms with Crippen LogP contribution in [0.25, 0.3) is 0 Å². The van der Waals surface area contributed by atoms with Gasteiger partial charge in [-0.25, -0.2) is 4.98 Å². The SMILES string of the molecule is CCCOC(=O)CSc1nc(CSC(C)C)cc(=O)[nH]1. The second-order valence-corrected chi connectivity index (χ2v) is 6.94. The van der Waals surface area contributed by atoms with E-state index in [1.165, 1.54) is 17.8 Å². The summed E-state index contributed by atoms with van der Waals surface area (Å²) < 4.78 is 4.97.